The largest absolute Gasteiger partial charge is 0.382 e. The maximum atomic E-state index is 12.9. The van der Waals surface area contributed by atoms with Gasteiger partial charge in [-0.1, -0.05) is 30.3 Å². The minimum absolute atomic E-state index is 0.107. The third kappa shape index (κ3) is 2.54. The topological polar surface area (TPSA) is 96.1 Å². The summed E-state index contributed by atoms with van der Waals surface area (Å²) in [6, 6.07) is 8.52. The summed E-state index contributed by atoms with van der Waals surface area (Å²) in [7, 11) is 1.53. The lowest BCUT2D eigenvalue weighted by atomic mass is 10.0. The maximum absolute atomic E-state index is 12.9. The number of H-pyrrole nitrogens is 1. The van der Waals surface area contributed by atoms with E-state index in [0.29, 0.717) is 33.5 Å². The van der Waals surface area contributed by atoms with Crippen LogP contribution in [0.2, 0.25) is 0 Å². The van der Waals surface area contributed by atoms with Gasteiger partial charge in [0.25, 0.3) is 0 Å². The van der Waals surface area contributed by atoms with E-state index in [1.807, 2.05) is 18.2 Å². The molecule has 3 N–H and O–H groups in total. The van der Waals surface area contributed by atoms with Crippen molar-refractivity contribution in [3.63, 3.8) is 0 Å². The van der Waals surface area contributed by atoms with Gasteiger partial charge in [0.2, 0.25) is 5.91 Å². The second-order valence-electron chi connectivity index (χ2n) is 5.81. The monoisotopic (exact) mass is 336 g/mol. The first kappa shape index (κ1) is 15.3. The van der Waals surface area contributed by atoms with Crippen LogP contribution < -0.4 is 10.6 Å². The van der Waals surface area contributed by atoms with Gasteiger partial charge in [-0.15, -0.1) is 0 Å². The molecule has 25 heavy (non-hydrogen) atoms. The number of amides is 1. The van der Waals surface area contributed by atoms with Crippen molar-refractivity contribution in [2.45, 2.75) is 6.04 Å². The van der Waals surface area contributed by atoms with E-state index in [1.54, 1.807) is 24.5 Å². The molecule has 126 valence electrons. The van der Waals surface area contributed by atoms with Crippen LogP contribution in [0, 0.1) is 0 Å². The van der Waals surface area contributed by atoms with Gasteiger partial charge in [0, 0.05) is 18.9 Å². The zero-order valence-electron chi connectivity index (χ0n) is 13.5. The first-order valence-electron chi connectivity index (χ1n) is 7.85. The molecule has 1 unspecified atom stereocenters. The van der Waals surface area contributed by atoms with E-state index in [4.69, 9.17) is 4.74 Å². The molecule has 1 aromatic carbocycles. The van der Waals surface area contributed by atoms with Crippen LogP contribution in [0.3, 0.4) is 0 Å². The maximum Gasteiger partial charge on any atom is 0.249 e. The Kier molecular flexibility index (Phi) is 3.70. The van der Waals surface area contributed by atoms with Crippen LogP contribution in [-0.4, -0.2) is 41.4 Å². The number of methoxy groups -OCH3 is 1. The number of rotatable bonds is 4. The molecule has 0 saturated heterocycles. The Balaban J connectivity index is 1.85. The fourth-order valence-electron chi connectivity index (χ4n) is 3.01. The normalized spacial score (nSPS) is 16.2. The number of fused-ring (bicyclic) bond motifs is 3. The van der Waals surface area contributed by atoms with E-state index in [0.717, 1.165) is 0 Å². The number of pyridine rings is 1. The molecular weight excluding hydrogens is 320 g/mol. The second-order valence-corrected chi connectivity index (χ2v) is 5.81. The number of ether oxygens (including phenoxy) is 1. The van der Waals surface area contributed by atoms with Crippen molar-refractivity contribution in [1.29, 1.82) is 0 Å². The molecule has 1 atom stereocenters. The lowest BCUT2D eigenvalue weighted by Crippen LogP contribution is -2.42. The standard InChI is InChI=1S/C18H16N4O3/c1-25-9-13-18(24)22-12-8-20-17-14(15(12)21-13)11(7-19-17)16(23)10-5-3-2-4-6-10/h2-8,13,21H,9H2,1H3,(H,19,20)(H,22,24). The molecule has 0 fully saturated rings. The number of nitrogens with one attached hydrogen (secondary N) is 3. The fraction of sp³-hybridized carbons (Fsp3) is 0.167. The molecule has 2 aromatic heterocycles. The van der Waals surface area contributed by atoms with Crippen molar-refractivity contribution in [3.05, 3.63) is 53.9 Å². The second kappa shape index (κ2) is 6.03. The highest BCUT2D eigenvalue weighted by Gasteiger charge is 2.29. The number of aromatic nitrogens is 2. The zero-order valence-corrected chi connectivity index (χ0v) is 13.5. The van der Waals surface area contributed by atoms with E-state index < -0.39 is 6.04 Å². The third-order valence-electron chi connectivity index (χ3n) is 4.21. The Morgan fingerprint density at radius 1 is 1.28 bits per heavy atom. The molecule has 1 aliphatic heterocycles. The molecule has 0 bridgehead atoms. The summed E-state index contributed by atoms with van der Waals surface area (Å²) < 4.78 is 5.09. The van der Waals surface area contributed by atoms with Gasteiger partial charge in [-0.25, -0.2) is 4.98 Å². The molecule has 0 radical (unpaired) electrons. The van der Waals surface area contributed by atoms with Crippen LogP contribution in [0.4, 0.5) is 11.4 Å². The van der Waals surface area contributed by atoms with E-state index in [2.05, 4.69) is 20.6 Å². The summed E-state index contributed by atoms with van der Waals surface area (Å²) in [6.45, 7) is 0.224. The minimum Gasteiger partial charge on any atom is -0.382 e. The molecule has 0 aliphatic carbocycles. The van der Waals surface area contributed by atoms with Gasteiger partial charge < -0.3 is 20.4 Å². The van der Waals surface area contributed by atoms with Gasteiger partial charge in [-0.05, 0) is 0 Å². The van der Waals surface area contributed by atoms with Crippen molar-refractivity contribution in [3.8, 4) is 0 Å². The van der Waals surface area contributed by atoms with Crippen LogP contribution in [0.5, 0.6) is 0 Å². The first-order valence-corrected chi connectivity index (χ1v) is 7.85. The van der Waals surface area contributed by atoms with Crippen molar-refractivity contribution >= 4 is 34.1 Å². The average Bonchev–Trinajstić information content (AvgIpc) is 3.07. The Morgan fingerprint density at radius 2 is 2.08 bits per heavy atom. The van der Waals surface area contributed by atoms with Crippen molar-refractivity contribution in [1.82, 2.24) is 9.97 Å². The van der Waals surface area contributed by atoms with E-state index >= 15 is 0 Å². The smallest absolute Gasteiger partial charge is 0.249 e. The summed E-state index contributed by atoms with van der Waals surface area (Å²) in [5.41, 5.74) is 2.90. The van der Waals surface area contributed by atoms with Crippen LogP contribution in [0.25, 0.3) is 11.0 Å². The number of carbonyl (C=O) groups excluding carboxylic acids is 2. The van der Waals surface area contributed by atoms with E-state index in [1.165, 1.54) is 7.11 Å². The van der Waals surface area contributed by atoms with Crippen molar-refractivity contribution < 1.29 is 14.3 Å². The van der Waals surface area contributed by atoms with E-state index in [-0.39, 0.29) is 18.3 Å². The highest BCUT2D eigenvalue weighted by atomic mass is 16.5. The Bertz CT molecular complexity index is 965. The van der Waals surface area contributed by atoms with Gasteiger partial charge in [0.05, 0.1) is 35.1 Å². The molecule has 7 nitrogen and oxygen atoms in total. The quantitative estimate of drug-likeness (QED) is 0.635. The summed E-state index contributed by atoms with van der Waals surface area (Å²) in [4.78, 5) is 32.3. The molecule has 1 aliphatic rings. The molecule has 7 heteroatoms. The van der Waals surface area contributed by atoms with Gasteiger partial charge in [-0.2, -0.15) is 0 Å². The lowest BCUT2D eigenvalue weighted by Gasteiger charge is -2.26. The Hall–Kier alpha value is -3.19. The summed E-state index contributed by atoms with van der Waals surface area (Å²) in [5.74, 6) is -0.300. The SMILES string of the molecule is COCC1Nc2c(cnc3[nH]cc(C(=O)c4ccccc4)c23)NC1=O. The number of benzene rings is 1. The molecule has 1 amide bonds. The van der Waals surface area contributed by atoms with Crippen LogP contribution >= 0.6 is 0 Å². The highest BCUT2D eigenvalue weighted by molar-refractivity contribution is 6.21. The van der Waals surface area contributed by atoms with Crippen LogP contribution in [0.1, 0.15) is 15.9 Å². The molecule has 0 spiro atoms. The molecule has 3 aromatic rings. The van der Waals surface area contributed by atoms with Crippen molar-refractivity contribution in [2.75, 3.05) is 24.4 Å². The summed E-state index contributed by atoms with van der Waals surface area (Å²) >= 11 is 0. The van der Waals surface area contributed by atoms with Gasteiger partial charge >= 0.3 is 0 Å². The predicted octanol–water partition coefficient (Wildman–Crippen LogP) is 2.17. The molecule has 0 saturated carbocycles. The van der Waals surface area contributed by atoms with Gasteiger partial charge in [0.15, 0.2) is 5.78 Å². The Labute approximate surface area is 143 Å². The molecule has 4 rings (SSSR count). The number of anilines is 2. The fourth-order valence-corrected chi connectivity index (χ4v) is 3.01. The molecule has 3 heterocycles. The van der Waals surface area contributed by atoms with Gasteiger partial charge in [-0.3, -0.25) is 9.59 Å². The number of ketones is 1. The molecular formula is C18H16N4O3. The first-order chi connectivity index (χ1) is 12.2. The lowest BCUT2D eigenvalue weighted by molar-refractivity contribution is -0.118. The van der Waals surface area contributed by atoms with Crippen LogP contribution in [0.15, 0.2) is 42.7 Å². The average molecular weight is 336 g/mol. The number of carbonyl (C=O) groups is 2. The van der Waals surface area contributed by atoms with E-state index in [9.17, 15) is 9.59 Å². The number of aromatic amines is 1. The third-order valence-corrected chi connectivity index (χ3v) is 4.21. The zero-order chi connectivity index (χ0) is 17.4. The number of hydrogen-bond acceptors (Lipinski definition) is 5. The number of nitrogens with zero attached hydrogens (tertiary/aromatic N) is 1. The summed E-state index contributed by atoms with van der Waals surface area (Å²) in [6.07, 6.45) is 3.22. The van der Waals surface area contributed by atoms with Crippen molar-refractivity contribution in [2.24, 2.45) is 0 Å². The predicted molar refractivity (Wildman–Crippen MR) is 93.9 cm³/mol. The highest BCUT2D eigenvalue weighted by Crippen LogP contribution is 2.36. The Morgan fingerprint density at radius 3 is 2.84 bits per heavy atom. The minimum atomic E-state index is -0.530. The number of hydrogen-bond donors (Lipinski definition) is 3. The summed E-state index contributed by atoms with van der Waals surface area (Å²) in [5, 5.41) is 6.65. The van der Waals surface area contributed by atoms with Gasteiger partial charge in [0.1, 0.15) is 11.7 Å². The van der Waals surface area contributed by atoms with Crippen LogP contribution in [-0.2, 0) is 9.53 Å².